The van der Waals surface area contributed by atoms with E-state index in [0.717, 1.165) is 79.8 Å². The number of hydrogen-bond donors (Lipinski definition) is 2. The summed E-state index contributed by atoms with van der Waals surface area (Å²) in [5.74, 6) is 1.83. The first-order valence-electron chi connectivity index (χ1n) is 19.0. The molecular weight excluding hydrogens is 739 g/mol. The summed E-state index contributed by atoms with van der Waals surface area (Å²) in [6.07, 6.45) is 6.83. The van der Waals surface area contributed by atoms with Gasteiger partial charge in [0.2, 0.25) is 5.91 Å². The van der Waals surface area contributed by atoms with E-state index in [4.69, 9.17) is 47.3 Å². The molecule has 294 valence electrons. The number of rotatable bonds is 18. The van der Waals surface area contributed by atoms with Crippen LogP contribution in [-0.4, -0.2) is 67.9 Å². The molecule has 2 fully saturated rings. The molecule has 1 aliphatic heterocycles. The Morgan fingerprint density at radius 3 is 2.18 bits per heavy atom. The molecule has 1 heterocycles. The maximum absolute atomic E-state index is 13.3. The summed E-state index contributed by atoms with van der Waals surface area (Å²) >= 11 is 12.2. The van der Waals surface area contributed by atoms with Crippen LogP contribution in [0.4, 0.5) is 0 Å². The average molecular weight is 792 g/mol. The van der Waals surface area contributed by atoms with Crippen molar-refractivity contribution in [3.8, 4) is 17.2 Å². The van der Waals surface area contributed by atoms with Gasteiger partial charge in [0.1, 0.15) is 31.3 Å². The number of methoxy groups -OCH3 is 1. The van der Waals surface area contributed by atoms with Crippen LogP contribution in [0.15, 0.2) is 84.9 Å². The Morgan fingerprint density at radius 1 is 0.818 bits per heavy atom. The number of para-hydroxylation sites is 1. The second-order valence-electron chi connectivity index (χ2n) is 14.1. The topological polar surface area (TPSA) is 107 Å². The lowest BCUT2D eigenvalue weighted by Crippen LogP contribution is -2.37. The summed E-state index contributed by atoms with van der Waals surface area (Å²) in [5, 5.41) is 13.6. The summed E-state index contributed by atoms with van der Waals surface area (Å²) in [5.41, 5.74) is 4.42. The maximum atomic E-state index is 13.3. The fourth-order valence-corrected chi connectivity index (χ4v) is 7.19. The van der Waals surface area contributed by atoms with E-state index in [1.165, 1.54) is 5.56 Å². The minimum atomic E-state index is -0.939. The van der Waals surface area contributed by atoms with E-state index in [1.54, 1.807) is 31.4 Å². The van der Waals surface area contributed by atoms with Gasteiger partial charge < -0.3 is 34.3 Å². The molecule has 4 aromatic rings. The maximum Gasteiger partial charge on any atom is 0.335 e. The number of nitrogens with one attached hydrogen (secondary N) is 1. The molecule has 2 aliphatic rings. The predicted octanol–water partition coefficient (Wildman–Crippen LogP) is 9.18. The largest absolute Gasteiger partial charge is 0.490 e. The Bertz CT molecular complexity index is 1790. The number of aromatic carboxylic acids is 1. The third kappa shape index (κ3) is 14.1. The van der Waals surface area contributed by atoms with Crippen molar-refractivity contribution in [2.24, 2.45) is 5.92 Å². The lowest BCUT2D eigenvalue weighted by molar-refractivity contribution is -0.133. The van der Waals surface area contributed by atoms with Gasteiger partial charge in [-0.05, 0) is 135 Å². The normalized spacial score (nSPS) is 15.0. The van der Waals surface area contributed by atoms with Crippen molar-refractivity contribution in [1.29, 1.82) is 0 Å². The van der Waals surface area contributed by atoms with E-state index in [0.29, 0.717) is 67.1 Å². The molecule has 6 rings (SSSR count). The number of carboxylic acids is 1. The number of aryl methyl sites for hydroxylation is 2. The second kappa shape index (κ2) is 21.7. The van der Waals surface area contributed by atoms with Crippen LogP contribution in [0.1, 0.15) is 71.1 Å². The van der Waals surface area contributed by atoms with E-state index in [-0.39, 0.29) is 11.5 Å². The molecule has 4 aromatic carbocycles. The number of carbonyl (C=O) groups is 2. The van der Waals surface area contributed by atoms with Crippen molar-refractivity contribution in [2.45, 2.75) is 71.1 Å². The van der Waals surface area contributed by atoms with E-state index in [2.05, 4.69) is 22.3 Å². The predicted molar refractivity (Wildman–Crippen MR) is 217 cm³/mol. The highest BCUT2D eigenvalue weighted by Crippen LogP contribution is 2.34. The fourth-order valence-electron chi connectivity index (χ4n) is 6.49. The van der Waals surface area contributed by atoms with Gasteiger partial charge in [-0.1, -0.05) is 59.6 Å². The second-order valence-corrected chi connectivity index (χ2v) is 14.9. The van der Waals surface area contributed by atoms with Gasteiger partial charge in [-0.15, -0.1) is 0 Å². The molecule has 55 heavy (non-hydrogen) atoms. The van der Waals surface area contributed by atoms with E-state index in [1.807, 2.05) is 55.5 Å². The molecule has 0 spiro atoms. The monoisotopic (exact) mass is 790 g/mol. The van der Waals surface area contributed by atoms with Gasteiger partial charge >= 0.3 is 5.97 Å². The van der Waals surface area contributed by atoms with Crippen molar-refractivity contribution in [3.05, 3.63) is 123 Å². The van der Waals surface area contributed by atoms with Crippen LogP contribution in [0.2, 0.25) is 10.0 Å². The zero-order valence-corrected chi connectivity index (χ0v) is 33.2. The molecule has 1 aliphatic carbocycles. The summed E-state index contributed by atoms with van der Waals surface area (Å²) in [6.45, 7) is 6.39. The van der Waals surface area contributed by atoms with Crippen LogP contribution in [0.5, 0.6) is 17.2 Å². The lowest BCUT2D eigenvalue weighted by Gasteiger charge is -2.28. The van der Waals surface area contributed by atoms with Gasteiger partial charge in [0.05, 0.1) is 15.6 Å². The van der Waals surface area contributed by atoms with E-state index < -0.39 is 5.97 Å². The molecule has 1 unspecified atom stereocenters. The minimum Gasteiger partial charge on any atom is -0.490 e. The molecule has 0 aromatic heterocycles. The number of piperidine rings is 1. The van der Waals surface area contributed by atoms with Crippen LogP contribution in [0, 0.1) is 12.8 Å². The van der Waals surface area contributed by atoms with Crippen LogP contribution in [0.3, 0.4) is 0 Å². The summed E-state index contributed by atoms with van der Waals surface area (Å²) in [4.78, 5) is 26.5. The molecule has 11 heteroatoms. The highest BCUT2D eigenvalue weighted by Gasteiger charge is 2.33. The fraction of sp³-hybridized carbons (Fsp3) is 0.409. The first kappa shape index (κ1) is 41.9. The Hall–Kier alpha value is -4.28. The summed E-state index contributed by atoms with van der Waals surface area (Å²) in [7, 11) is 1.71. The van der Waals surface area contributed by atoms with Crippen LogP contribution in [0.25, 0.3) is 0 Å². The van der Waals surface area contributed by atoms with Gasteiger partial charge in [-0.2, -0.15) is 0 Å². The first-order chi connectivity index (χ1) is 26.7. The number of hydrogen-bond acceptors (Lipinski definition) is 7. The smallest absolute Gasteiger partial charge is 0.335 e. The molecule has 1 saturated heterocycles. The molecular formula is C44H52Cl2N2O7. The molecule has 1 saturated carbocycles. The Morgan fingerprint density at radius 2 is 1.53 bits per heavy atom. The third-order valence-corrected chi connectivity index (χ3v) is 10.0. The van der Waals surface area contributed by atoms with Crippen molar-refractivity contribution < 1.29 is 33.6 Å². The summed E-state index contributed by atoms with van der Waals surface area (Å²) < 4.78 is 22.4. The first-order valence-corrected chi connectivity index (χ1v) is 19.8. The van der Waals surface area contributed by atoms with Crippen molar-refractivity contribution >= 4 is 35.1 Å². The molecule has 1 amide bonds. The number of benzene rings is 4. The molecule has 0 bridgehead atoms. The van der Waals surface area contributed by atoms with Gasteiger partial charge in [-0.3, -0.25) is 4.79 Å². The van der Waals surface area contributed by atoms with Crippen LogP contribution < -0.4 is 19.5 Å². The van der Waals surface area contributed by atoms with Gasteiger partial charge in [0, 0.05) is 32.7 Å². The van der Waals surface area contributed by atoms with E-state index in [9.17, 15) is 9.59 Å². The standard InChI is InChI=1S/C29H38N2O5.C15H14Cl2O2/c1-35-13-3-5-22-14-24(16-27(15-22)36-20-21-6-8-25(9-7-21)29(33)34)19-31(26-10-11-26)28(32)17-23-4-2-12-30-18-23;1-11-9-13(16)15(14(17)10-11)19-8-7-18-12-5-3-2-4-6-12/h6-9,14-16,23,26,30H,2-5,10-13,17-20H2,1H3,(H,33,34);2-6,9-10H,7-8H2,1H3. The highest BCUT2D eigenvalue weighted by atomic mass is 35.5. The zero-order valence-electron chi connectivity index (χ0n) is 31.7. The SMILES string of the molecule is COCCCc1cc(CN(C(=O)CC2CCCNC2)C2CC2)cc(OCc2ccc(C(=O)O)cc2)c1.Cc1cc(Cl)c(OCCOc2ccccc2)c(Cl)c1. The number of ether oxygens (including phenoxy) is 4. The number of carbonyl (C=O) groups excluding carboxylic acids is 1. The van der Waals surface area contributed by atoms with Crippen LogP contribution >= 0.6 is 23.2 Å². The number of amides is 1. The van der Waals surface area contributed by atoms with Crippen LogP contribution in [-0.2, 0) is 29.1 Å². The number of nitrogens with zero attached hydrogens (tertiary/aromatic N) is 1. The Balaban J connectivity index is 0.000000256. The molecule has 9 nitrogen and oxygen atoms in total. The van der Waals surface area contributed by atoms with Crippen molar-refractivity contribution in [2.75, 3.05) is 40.0 Å². The van der Waals surface area contributed by atoms with Gasteiger partial charge in [-0.25, -0.2) is 4.79 Å². The third-order valence-electron chi connectivity index (χ3n) is 9.45. The number of carboxylic acid groups (broad SMARTS) is 1. The van der Waals surface area contributed by atoms with Gasteiger partial charge in [0.15, 0.2) is 5.75 Å². The minimum absolute atomic E-state index is 0.259. The van der Waals surface area contributed by atoms with Crippen molar-refractivity contribution in [3.63, 3.8) is 0 Å². The van der Waals surface area contributed by atoms with Gasteiger partial charge in [0.25, 0.3) is 0 Å². The Kier molecular flexibility index (Phi) is 16.5. The van der Waals surface area contributed by atoms with Crippen molar-refractivity contribution in [1.82, 2.24) is 10.2 Å². The average Bonchev–Trinajstić information content (AvgIpc) is 4.02. The molecule has 2 N–H and O–H groups in total. The summed E-state index contributed by atoms with van der Waals surface area (Å²) in [6, 6.07) is 26.6. The molecule has 1 atom stereocenters. The van der Waals surface area contributed by atoms with E-state index >= 15 is 0 Å². The Labute approximate surface area is 334 Å². The zero-order chi connectivity index (χ0) is 39.0. The lowest BCUT2D eigenvalue weighted by atomic mass is 9.95. The number of halogens is 2. The highest BCUT2D eigenvalue weighted by molar-refractivity contribution is 6.37. The quantitative estimate of drug-likeness (QED) is 0.0962. The molecule has 0 radical (unpaired) electrons.